The van der Waals surface area contributed by atoms with E-state index in [2.05, 4.69) is 21.3 Å². The summed E-state index contributed by atoms with van der Waals surface area (Å²) in [5.41, 5.74) is 1.89. The van der Waals surface area contributed by atoms with Crippen LogP contribution in [0.15, 0.2) is 66.0 Å². The van der Waals surface area contributed by atoms with E-state index >= 15 is 0 Å². The van der Waals surface area contributed by atoms with Crippen molar-refractivity contribution in [3.63, 3.8) is 0 Å². The monoisotopic (exact) mass is 483 g/mol. The third-order valence-electron chi connectivity index (χ3n) is 5.00. The van der Waals surface area contributed by atoms with Gasteiger partial charge in [0.15, 0.2) is 0 Å². The van der Waals surface area contributed by atoms with Crippen molar-refractivity contribution < 1.29 is 14.4 Å². The number of hydrogen-bond donors (Lipinski definition) is 4. The highest BCUT2D eigenvalue weighted by atomic mass is 35.5. The minimum absolute atomic E-state index is 0.00620. The highest BCUT2D eigenvalue weighted by molar-refractivity contribution is 7.10. The van der Waals surface area contributed by atoms with E-state index in [1.807, 2.05) is 11.4 Å². The number of carbonyl (C=O) groups excluding carboxylic acids is 3. The fourth-order valence-electron chi connectivity index (χ4n) is 3.37. The van der Waals surface area contributed by atoms with Crippen LogP contribution in [0.1, 0.15) is 10.9 Å². The Morgan fingerprint density at radius 2 is 1.70 bits per heavy atom. The summed E-state index contributed by atoms with van der Waals surface area (Å²) in [4.78, 5) is 40.1. The molecule has 170 valence electrons. The molecule has 1 saturated heterocycles. The lowest BCUT2D eigenvalue weighted by atomic mass is 10.2. The highest BCUT2D eigenvalue weighted by Gasteiger charge is 2.24. The van der Waals surface area contributed by atoms with E-state index in [0.717, 1.165) is 12.2 Å². The maximum absolute atomic E-state index is 13.0. The van der Waals surface area contributed by atoms with Crippen LogP contribution in [0.4, 0.5) is 21.9 Å². The molecule has 4 rings (SSSR count). The number of piperazine rings is 1. The third kappa shape index (κ3) is 5.89. The molecule has 2 heterocycles. The summed E-state index contributed by atoms with van der Waals surface area (Å²) in [6.45, 7) is 1.64. The van der Waals surface area contributed by atoms with Crippen molar-refractivity contribution in [2.45, 2.75) is 6.04 Å². The Labute approximate surface area is 199 Å². The van der Waals surface area contributed by atoms with Gasteiger partial charge in [0.25, 0.3) is 5.91 Å². The number of hydrogen-bond acceptors (Lipinski definition) is 5. The molecule has 10 heteroatoms. The lowest BCUT2D eigenvalue weighted by molar-refractivity contribution is -0.119. The summed E-state index contributed by atoms with van der Waals surface area (Å²) >= 11 is 7.25. The predicted octanol–water partition coefficient (Wildman–Crippen LogP) is 3.84. The largest absolute Gasteiger partial charge is 0.324 e. The second-order valence-electron chi connectivity index (χ2n) is 7.31. The van der Waals surface area contributed by atoms with E-state index in [-0.39, 0.29) is 11.8 Å². The first-order chi connectivity index (χ1) is 16.0. The topological polar surface area (TPSA) is 103 Å². The minimum atomic E-state index is -0.883. The van der Waals surface area contributed by atoms with Gasteiger partial charge in [-0.3, -0.25) is 9.59 Å². The van der Waals surface area contributed by atoms with Crippen molar-refractivity contribution in [3.8, 4) is 0 Å². The molecular weight excluding hydrogens is 462 g/mol. The summed E-state index contributed by atoms with van der Waals surface area (Å²) < 4.78 is 0. The van der Waals surface area contributed by atoms with Crippen LogP contribution >= 0.6 is 22.9 Å². The molecule has 1 aliphatic rings. The number of amides is 4. The van der Waals surface area contributed by atoms with Gasteiger partial charge in [-0.05, 0) is 60.0 Å². The predicted molar refractivity (Wildman–Crippen MR) is 131 cm³/mol. The number of halogens is 1. The Morgan fingerprint density at radius 1 is 1.00 bits per heavy atom. The van der Waals surface area contributed by atoms with E-state index in [0.29, 0.717) is 34.4 Å². The van der Waals surface area contributed by atoms with Crippen LogP contribution in [0.3, 0.4) is 0 Å². The van der Waals surface area contributed by atoms with E-state index in [9.17, 15) is 14.4 Å². The number of benzene rings is 2. The molecule has 1 unspecified atom stereocenters. The van der Waals surface area contributed by atoms with Gasteiger partial charge in [0.05, 0.1) is 6.54 Å². The Bertz CT molecular complexity index is 1120. The first-order valence-electron chi connectivity index (χ1n) is 10.3. The normalized spacial score (nSPS) is 14.5. The van der Waals surface area contributed by atoms with Crippen LogP contribution < -0.4 is 26.2 Å². The molecule has 0 bridgehead atoms. The molecule has 1 aromatic heterocycles. The maximum atomic E-state index is 13.0. The molecule has 8 nitrogen and oxygen atoms in total. The third-order valence-corrected chi connectivity index (χ3v) is 6.19. The molecule has 3 aromatic rings. The van der Waals surface area contributed by atoms with Crippen LogP contribution in [0.25, 0.3) is 0 Å². The number of urea groups is 1. The number of anilines is 3. The molecular formula is C23H22ClN5O3S. The van der Waals surface area contributed by atoms with E-state index in [4.69, 9.17) is 11.6 Å². The van der Waals surface area contributed by atoms with Crippen LogP contribution in [0.2, 0.25) is 5.02 Å². The summed E-state index contributed by atoms with van der Waals surface area (Å²) in [5, 5.41) is 13.7. The molecule has 1 fully saturated rings. The van der Waals surface area contributed by atoms with Crippen LogP contribution in [-0.2, 0) is 9.59 Å². The van der Waals surface area contributed by atoms with Crippen molar-refractivity contribution in [1.29, 1.82) is 0 Å². The SMILES string of the molecule is O=C(Nc1ccc(Cl)cc1)NC(C(=O)Nc1ccc(N2CCNCC2=O)cc1)c1cccs1. The Kier molecular flexibility index (Phi) is 7.23. The average molecular weight is 484 g/mol. The second kappa shape index (κ2) is 10.5. The van der Waals surface area contributed by atoms with Gasteiger partial charge in [-0.25, -0.2) is 4.79 Å². The first kappa shape index (κ1) is 22.8. The summed E-state index contributed by atoms with van der Waals surface area (Å²) in [6.07, 6.45) is 0. The standard InChI is InChI=1S/C23H22ClN5O3S/c24-15-3-5-17(6-4-15)27-23(32)28-21(19-2-1-13-33-19)22(31)26-16-7-9-18(10-8-16)29-12-11-25-14-20(29)30/h1-10,13,21,25H,11-12,14H2,(H,26,31)(H2,27,28,32). The quantitative estimate of drug-likeness (QED) is 0.427. The maximum Gasteiger partial charge on any atom is 0.320 e. The van der Waals surface area contributed by atoms with Gasteiger partial charge in [0.1, 0.15) is 6.04 Å². The van der Waals surface area contributed by atoms with Crippen LogP contribution in [0, 0.1) is 0 Å². The number of rotatable bonds is 6. The second-order valence-corrected chi connectivity index (χ2v) is 8.73. The lowest BCUT2D eigenvalue weighted by Gasteiger charge is -2.27. The molecule has 1 atom stereocenters. The van der Waals surface area contributed by atoms with Gasteiger partial charge in [0, 0.05) is 40.1 Å². The van der Waals surface area contributed by atoms with Crippen molar-refractivity contribution in [2.75, 3.05) is 35.2 Å². The van der Waals surface area contributed by atoms with Crippen LogP contribution in [-0.4, -0.2) is 37.5 Å². The zero-order valence-electron chi connectivity index (χ0n) is 17.5. The molecule has 0 spiro atoms. The summed E-state index contributed by atoms with van der Waals surface area (Å²) in [6, 6.07) is 15.9. The lowest BCUT2D eigenvalue weighted by Crippen LogP contribution is -2.48. The summed E-state index contributed by atoms with van der Waals surface area (Å²) in [7, 11) is 0. The highest BCUT2D eigenvalue weighted by Crippen LogP contribution is 2.23. The van der Waals surface area contributed by atoms with Crippen LogP contribution in [0.5, 0.6) is 0 Å². The Morgan fingerprint density at radius 3 is 2.36 bits per heavy atom. The molecule has 4 amide bonds. The molecule has 33 heavy (non-hydrogen) atoms. The van der Waals surface area contributed by atoms with E-state index < -0.39 is 12.1 Å². The van der Waals surface area contributed by atoms with E-state index in [1.165, 1.54) is 11.3 Å². The molecule has 0 aliphatic carbocycles. The zero-order valence-corrected chi connectivity index (χ0v) is 19.1. The molecule has 1 aliphatic heterocycles. The van der Waals surface area contributed by atoms with Crippen molar-refractivity contribution in [3.05, 3.63) is 75.9 Å². The van der Waals surface area contributed by atoms with E-state index in [1.54, 1.807) is 59.5 Å². The number of carbonyl (C=O) groups is 3. The number of thiophene rings is 1. The van der Waals surface area contributed by atoms with Crippen molar-refractivity contribution in [1.82, 2.24) is 10.6 Å². The Hall–Kier alpha value is -3.40. The molecule has 2 aromatic carbocycles. The molecule has 0 radical (unpaired) electrons. The fourth-order valence-corrected chi connectivity index (χ4v) is 4.27. The zero-order chi connectivity index (χ0) is 23.2. The molecule has 4 N–H and O–H groups in total. The van der Waals surface area contributed by atoms with Crippen molar-refractivity contribution >= 4 is 57.8 Å². The average Bonchev–Trinajstić information content (AvgIpc) is 3.34. The number of nitrogens with zero attached hydrogens (tertiary/aromatic N) is 1. The van der Waals surface area contributed by atoms with Gasteiger partial charge in [-0.2, -0.15) is 0 Å². The van der Waals surface area contributed by atoms with Gasteiger partial charge in [-0.15, -0.1) is 11.3 Å². The number of nitrogens with one attached hydrogen (secondary N) is 4. The van der Waals surface area contributed by atoms with Gasteiger partial charge in [-0.1, -0.05) is 17.7 Å². The van der Waals surface area contributed by atoms with Crippen molar-refractivity contribution in [2.24, 2.45) is 0 Å². The van der Waals surface area contributed by atoms with Gasteiger partial charge in [0.2, 0.25) is 5.91 Å². The summed E-state index contributed by atoms with van der Waals surface area (Å²) in [5.74, 6) is -0.374. The molecule has 0 saturated carbocycles. The Balaban J connectivity index is 1.43. The minimum Gasteiger partial charge on any atom is -0.324 e. The fraction of sp³-hybridized carbons (Fsp3) is 0.174. The smallest absolute Gasteiger partial charge is 0.320 e. The van der Waals surface area contributed by atoms with Gasteiger partial charge < -0.3 is 26.2 Å². The van der Waals surface area contributed by atoms with Gasteiger partial charge >= 0.3 is 6.03 Å². The first-order valence-corrected chi connectivity index (χ1v) is 11.5.